The van der Waals surface area contributed by atoms with Gasteiger partial charge in [0.25, 0.3) is 0 Å². The Labute approximate surface area is 117 Å². The fourth-order valence-corrected chi connectivity index (χ4v) is 2.71. The zero-order valence-electron chi connectivity index (χ0n) is 12.5. The van der Waals surface area contributed by atoms with E-state index in [1.807, 2.05) is 0 Å². The molecule has 106 valence electrons. The number of aryl methyl sites for hydroxylation is 1. The van der Waals surface area contributed by atoms with Gasteiger partial charge in [-0.2, -0.15) is 0 Å². The van der Waals surface area contributed by atoms with Crippen LogP contribution in [0.1, 0.15) is 50.3 Å². The molecule has 0 radical (unpaired) electrons. The average molecular weight is 261 g/mol. The molecule has 2 unspecified atom stereocenters. The molecule has 2 atom stereocenters. The first kappa shape index (κ1) is 14.5. The van der Waals surface area contributed by atoms with Crippen molar-refractivity contribution in [3.05, 3.63) is 35.4 Å². The molecule has 2 heteroatoms. The van der Waals surface area contributed by atoms with Crippen LogP contribution in [0.3, 0.4) is 0 Å². The Kier molecular flexibility index (Phi) is 5.41. The molecule has 0 heterocycles. The average Bonchev–Trinajstić information content (AvgIpc) is 3.22. The van der Waals surface area contributed by atoms with Crippen molar-refractivity contribution in [3.63, 3.8) is 0 Å². The first-order valence-corrected chi connectivity index (χ1v) is 7.67. The molecule has 1 aliphatic carbocycles. The normalized spacial score (nSPS) is 18.3. The summed E-state index contributed by atoms with van der Waals surface area (Å²) < 4.78 is 6.06. The highest BCUT2D eigenvalue weighted by Crippen LogP contribution is 2.40. The molecule has 0 bridgehead atoms. The van der Waals surface area contributed by atoms with Crippen molar-refractivity contribution in [1.29, 1.82) is 0 Å². The van der Waals surface area contributed by atoms with Gasteiger partial charge in [0.2, 0.25) is 0 Å². The quantitative estimate of drug-likeness (QED) is 0.767. The van der Waals surface area contributed by atoms with Crippen molar-refractivity contribution >= 4 is 0 Å². The third-order valence-electron chi connectivity index (χ3n) is 3.79. The molecule has 0 saturated heterocycles. The summed E-state index contributed by atoms with van der Waals surface area (Å²) in [5, 5.41) is 3.69. The zero-order chi connectivity index (χ0) is 13.7. The molecule has 2 nitrogen and oxygen atoms in total. The highest BCUT2D eigenvalue weighted by atomic mass is 16.5. The molecule has 0 aromatic heterocycles. The van der Waals surface area contributed by atoms with Crippen LogP contribution in [0.15, 0.2) is 24.3 Å². The third-order valence-corrected chi connectivity index (χ3v) is 3.79. The number of hydrogen-bond acceptors (Lipinski definition) is 2. The number of rotatable bonds is 8. The van der Waals surface area contributed by atoms with Gasteiger partial charge in [-0.05, 0) is 51.1 Å². The van der Waals surface area contributed by atoms with Gasteiger partial charge in [-0.15, -0.1) is 0 Å². The van der Waals surface area contributed by atoms with Crippen molar-refractivity contribution in [2.45, 2.75) is 52.2 Å². The molecule has 1 aromatic rings. The van der Waals surface area contributed by atoms with Crippen LogP contribution < -0.4 is 5.32 Å². The molecule has 1 aliphatic rings. The minimum atomic E-state index is 0.332. The molecule has 1 aromatic carbocycles. The van der Waals surface area contributed by atoms with Crippen LogP contribution in [0.5, 0.6) is 0 Å². The van der Waals surface area contributed by atoms with Crippen LogP contribution in [0.25, 0.3) is 0 Å². The molecule has 19 heavy (non-hydrogen) atoms. The molecule has 1 fully saturated rings. The van der Waals surface area contributed by atoms with Crippen LogP contribution in [0.4, 0.5) is 0 Å². The fourth-order valence-electron chi connectivity index (χ4n) is 2.71. The summed E-state index contributed by atoms with van der Waals surface area (Å²) in [7, 11) is 0. The summed E-state index contributed by atoms with van der Waals surface area (Å²) in [5.41, 5.74) is 2.70. The second-order valence-corrected chi connectivity index (χ2v) is 5.60. The minimum absolute atomic E-state index is 0.332. The largest absolute Gasteiger partial charge is 0.376 e. The molecule has 1 N–H and O–H groups in total. The van der Waals surface area contributed by atoms with Gasteiger partial charge in [-0.25, -0.2) is 0 Å². The lowest BCUT2D eigenvalue weighted by molar-refractivity contribution is 0.0186. The maximum Gasteiger partial charge on any atom is 0.0797 e. The van der Waals surface area contributed by atoms with Crippen molar-refractivity contribution in [2.75, 3.05) is 13.2 Å². The monoisotopic (exact) mass is 261 g/mol. The van der Waals surface area contributed by atoms with Gasteiger partial charge in [-0.1, -0.05) is 36.8 Å². The van der Waals surface area contributed by atoms with Gasteiger partial charge >= 0.3 is 0 Å². The van der Waals surface area contributed by atoms with Gasteiger partial charge in [0.1, 0.15) is 0 Å². The molecule has 0 spiro atoms. The summed E-state index contributed by atoms with van der Waals surface area (Å²) in [6, 6.07) is 9.18. The Morgan fingerprint density at radius 3 is 2.68 bits per heavy atom. The second-order valence-electron chi connectivity index (χ2n) is 5.60. The number of nitrogens with one attached hydrogen (secondary N) is 1. The van der Waals surface area contributed by atoms with E-state index in [1.165, 1.54) is 24.0 Å². The highest BCUT2D eigenvalue weighted by molar-refractivity contribution is 5.26. The summed E-state index contributed by atoms with van der Waals surface area (Å²) in [6.07, 6.45) is 4.13. The lowest BCUT2D eigenvalue weighted by Gasteiger charge is -2.29. The van der Waals surface area contributed by atoms with E-state index >= 15 is 0 Å². The Morgan fingerprint density at radius 1 is 1.32 bits per heavy atom. The predicted octanol–water partition coefficient (Wildman–Crippen LogP) is 3.85. The molecule has 0 amide bonds. The van der Waals surface area contributed by atoms with Crippen molar-refractivity contribution in [3.8, 4) is 0 Å². The molecule has 0 aliphatic heterocycles. The van der Waals surface area contributed by atoms with Gasteiger partial charge in [0.15, 0.2) is 0 Å². The Morgan fingerprint density at radius 2 is 2.11 bits per heavy atom. The Bertz CT molecular complexity index is 387. The standard InChI is InChI=1S/C17H27NO/c1-4-11-18-16(15-8-6-7-13(3)12-15)17(19-5-2)14-9-10-14/h6-8,12,14,16-18H,4-5,9-11H2,1-3H3. The first-order valence-electron chi connectivity index (χ1n) is 7.67. The van der Waals surface area contributed by atoms with Crippen LogP contribution in [0, 0.1) is 12.8 Å². The lowest BCUT2D eigenvalue weighted by Crippen LogP contribution is -2.36. The summed E-state index contributed by atoms with van der Waals surface area (Å²) in [4.78, 5) is 0. The van der Waals surface area contributed by atoms with Gasteiger partial charge in [0.05, 0.1) is 12.1 Å². The topological polar surface area (TPSA) is 21.3 Å². The van der Waals surface area contributed by atoms with Crippen LogP contribution in [-0.4, -0.2) is 19.3 Å². The fraction of sp³-hybridized carbons (Fsp3) is 0.647. The maximum absolute atomic E-state index is 6.06. The van der Waals surface area contributed by atoms with E-state index in [2.05, 4.69) is 50.4 Å². The van der Waals surface area contributed by atoms with Crippen molar-refractivity contribution in [1.82, 2.24) is 5.32 Å². The van der Waals surface area contributed by atoms with E-state index < -0.39 is 0 Å². The lowest BCUT2D eigenvalue weighted by atomic mass is 9.96. The van der Waals surface area contributed by atoms with Crippen LogP contribution in [0.2, 0.25) is 0 Å². The van der Waals surface area contributed by atoms with E-state index in [1.54, 1.807) is 0 Å². The summed E-state index contributed by atoms with van der Waals surface area (Å²) in [5.74, 6) is 0.745. The molecule has 2 rings (SSSR count). The van der Waals surface area contributed by atoms with Crippen molar-refractivity contribution in [2.24, 2.45) is 5.92 Å². The minimum Gasteiger partial charge on any atom is -0.376 e. The molecular formula is C17H27NO. The predicted molar refractivity (Wildman–Crippen MR) is 80.4 cm³/mol. The van der Waals surface area contributed by atoms with E-state index in [0.29, 0.717) is 12.1 Å². The van der Waals surface area contributed by atoms with E-state index in [-0.39, 0.29) is 0 Å². The smallest absolute Gasteiger partial charge is 0.0797 e. The number of ether oxygens (including phenoxy) is 1. The van der Waals surface area contributed by atoms with Crippen LogP contribution in [-0.2, 0) is 4.74 Å². The molecular weight excluding hydrogens is 234 g/mol. The summed E-state index contributed by atoms with van der Waals surface area (Å²) in [6.45, 7) is 8.33. The highest BCUT2D eigenvalue weighted by Gasteiger charge is 2.37. The number of hydrogen-bond donors (Lipinski definition) is 1. The van der Waals surface area contributed by atoms with Gasteiger partial charge in [-0.3, -0.25) is 0 Å². The SMILES string of the molecule is CCCNC(c1cccc(C)c1)C(OCC)C1CC1. The van der Waals surface area contributed by atoms with Crippen LogP contribution >= 0.6 is 0 Å². The Balaban J connectivity index is 2.17. The van der Waals surface area contributed by atoms with E-state index in [4.69, 9.17) is 4.74 Å². The first-order chi connectivity index (χ1) is 9.26. The van der Waals surface area contributed by atoms with E-state index in [9.17, 15) is 0 Å². The number of benzene rings is 1. The second kappa shape index (κ2) is 7.06. The van der Waals surface area contributed by atoms with Crippen molar-refractivity contribution < 1.29 is 4.74 Å². The van der Waals surface area contributed by atoms with Gasteiger partial charge < -0.3 is 10.1 Å². The van der Waals surface area contributed by atoms with E-state index in [0.717, 1.165) is 25.5 Å². The zero-order valence-corrected chi connectivity index (χ0v) is 12.5. The third kappa shape index (κ3) is 4.05. The maximum atomic E-state index is 6.06. The Hall–Kier alpha value is -0.860. The summed E-state index contributed by atoms with van der Waals surface area (Å²) >= 11 is 0. The van der Waals surface area contributed by atoms with Gasteiger partial charge in [0, 0.05) is 6.61 Å². The molecule has 1 saturated carbocycles.